The molecule has 0 aliphatic carbocycles. The summed E-state index contributed by atoms with van der Waals surface area (Å²) in [5, 5.41) is 23.2. The van der Waals surface area contributed by atoms with Crippen LogP contribution in [0.2, 0.25) is 10.0 Å². The molecule has 9 nitrogen and oxygen atoms in total. The van der Waals surface area contributed by atoms with Gasteiger partial charge in [0.15, 0.2) is 5.75 Å². The highest BCUT2D eigenvalue weighted by atomic mass is 35.5. The molecule has 0 atom stereocenters. The van der Waals surface area contributed by atoms with Gasteiger partial charge in [0.25, 0.3) is 16.0 Å². The Morgan fingerprint density at radius 1 is 1.00 bits per heavy atom. The summed E-state index contributed by atoms with van der Waals surface area (Å²) in [6.07, 6.45) is 0.354. The number of halogens is 2. The molecule has 12 heteroatoms. The lowest BCUT2D eigenvalue weighted by Crippen LogP contribution is -2.12. The van der Waals surface area contributed by atoms with E-state index >= 15 is 0 Å². The number of amides is 1. The van der Waals surface area contributed by atoms with Gasteiger partial charge in [-0.3, -0.25) is 9.35 Å². The number of hydrogen-bond donors (Lipinski definition) is 3. The molecule has 0 aliphatic rings. The fourth-order valence-corrected chi connectivity index (χ4v) is 5.40. The summed E-state index contributed by atoms with van der Waals surface area (Å²) < 4.78 is 39.4. The molecule has 0 fully saturated rings. The normalized spacial score (nSPS) is 11.7. The van der Waals surface area contributed by atoms with Crippen molar-refractivity contribution in [3.63, 3.8) is 0 Å². The molecule has 0 unspecified atom stereocenters. The molecule has 0 bridgehead atoms. The van der Waals surface area contributed by atoms with Crippen molar-refractivity contribution in [3.8, 4) is 11.5 Å². The zero-order chi connectivity index (χ0) is 28.3. The monoisotopic (exact) mass is 587 g/mol. The molecule has 4 aromatic rings. The summed E-state index contributed by atoms with van der Waals surface area (Å²) in [5.74, 6) is -0.689. The van der Waals surface area contributed by atoms with Crippen LogP contribution in [0, 0.1) is 0 Å². The van der Waals surface area contributed by atoms with Crippen molar-refractivity contribution in [2.75, 3.05) is 11.9 Å². The lowest BCUT2D eigenvalue weighted by Gasteiger charge is -2.13. The maximum absolute atomic E-state index is 13.3. The summed E-state index contributed by atoms with van der Waals surface area (Å²) in [7, 11) is -4.75. The Morgan fingerprint density at radius 2 is 1.72 bits per heavy atom. The van der Waals surface area contributed by atoms with Gasteiger partial charge < -0.3 is 15.2 Å². The largest absolute Gasteiger partial charge is 0.505 e. The SMILES string of the molecule is CCOc1cc(Cl)cc(NC(=O)c2cc3ccccc3c(N=Nc3c(CC)ccc(Cl)c3S(=O)(=O)O)c2O)c1. The lowest BCUT2D eigenvalue weighted by molar-refractivity contribution is 0.102. The average Bonchev–Trinajstić information content (AvgIpc) is 2.87. The van der Waals surface area contributed by atoms with Crippen molar-refractivity contribution < 1.29 is 27.6 Å². The van der Waals surface area contributed by atoms with Gasteiger partial charge in [0.1, 0.15) is 22.0 Å². The molecule has 0 aromatic heterocycles. The highest BCUT2D eigenvalue weighted by molar-refractivity contribution is 7.86. The molecule has 0 aliphatic heterocycles. The fraction of sp³-hybridized carbons (Fsp3) is 0.148. The van der Waals surface area contributed by atoms with E-state index in [1.54, 1.807) is 49.4 Å². The van der Waals surface area contributed by atoms with E-state index in [1.807, 2.05) is 6.92 Å². The number of ether oxygens (including phenoxy) is 1. The fourth-order valence-electron chi connectivity index (χ4n) is 4.00. The number of carbonyl (C=O) groups excluding carboxylic acids is 1. The number of nitrogens with one attached hydrogen (secondary N) is 1. The molecule has 4 rings (SSSR count). The summed E-state index contributed by atoms with van der Waals surface area (Å²) in [6.45, 7) is 3.98. The van der Waals surface area contributed by atoms with E-state index in [1.165, 1.54) is 18.2 Å². The quantitative estimate of drug-likeness (QED) is 0.142. The number of azo groups is 1. The van der Waals surface area contributed by atoms with Crippen LogP contribution in [-0.4, -0.2) is 30.6 Å². The van der Waals surface area contributed by atoms with Crippen LogP contribution in [0.5, 0.6) is 11.5 Å². The molecule has 0 radical (unpaired) electrons. The summed E-state index contributed by atoms with van der Waals surface area (Å²) in [6, 6.07) is 16.0. The van der Waals surface area contributed by atoms with Gasteiger partial charge in [0.2, 0.25) is 0 Å². The molecular formula is C27H23Cl2N3O6S. The Labute approximate surface area is 234 Å². The van der Waals surface area contributed by atoms with Gasteiger partial charge in [0.05, 0.1) is 17.2 Å². The number of carbonyl (C=O) groups is 1. The van der Waals surface area contributed by atoms with Crippen molar-refractivity contribution in [2.24, 2.45) is 10.2 Å². The van der Waals surface area contributed by atoms with Crippen molar-refractivity contribution in [2.45, 2.75) is 25.2 Å². The standard InChI is InChI=1S/C27H23Cl2N3O6S/c1-3-15-9-10-22(29)26(39(35,36)37)23(15)31-32-24-20-8-6-5-7-16(20)11-21(25(24)33)27(34)30-18-12-17(28)13-19(14-18)38-4-2/h5-14,33H,3-4H2,1-2H3,(H,30,34)(H,35,36,37). The minimum atomic E-state index is -4.75. The number of aryl methyl sites for hydroxylation is 1. The van der Waals surface area contributed by atoms with Crippen molar-refractivity contribution in [1.29, 1.82) is 0 Å². The van der Waals surface area contributed by atoms with E-state index in [0.29, 0.717) is 45.8 Å². The van der Waals surface area contributed by atoms with E-state index in [9.17, 15) is 22.9 Å². The highest BCUT2D eigenvalue weighted by Gasteiger charge is 2.24. The van der Waals surface area contributed by atoms with Crippen LogP contribution < -0.4 is 10.1 Å². The van der Waals surface area contributed by atoms with Gasteiger partial charge in [-0.25, -0.2) is 0 Å². The van der Waals surface area contributed by atoms with Crippen LogP contribution in [0.3, 0.4) is 0 Å². The molecule has 3 N–H and O–H groups in total. The van der Waals surface area contributed by atoms with Crippen molar-refractivity contribution >= 4 is 67.1 Å². The molecule has 0 spiro atoms. The zero-order valence-corrected chi connectivity index (χ0v) is 23.1. The summed E-state index contributed by atoms with van der Waals surface area (Å²) >= 11 is 12.2. The van der Waals surface area contributed by atoms with Gasteiger partial charge in [-0.2, -0.15) is 8.42 Å². The molecule has 0 saturated carbocycles. The number of rotatable bonds is 8. The maximum atomic E-state index is 13.3. The Balaban J connectivity index is 1.84. The first-order chi connectivity index (χ1) is 18.5. The van der Waals surface area contributed by atoms with E-state index in [0.717, 1.165) is 0 Å². The Hall–Kier alpha value is -3.70. The Morgan fingerprint density at radius 3 is 2.41 bits per heavy atom. The molecular weight excluding hydrogens is 565 g/mol. The van der Waals surface area contributed by atoms with Crippen LogP contribution in [0.15, 0.2) is 75.8 Å². The topological polar surface area (TPSA) is 138 Å². The van der Waals surface area contributed by atoms with Crippen LogP contribution in [-0.2, 0) is 16.5 Å². The first-order valence-corrected chi connectivity index (χ1v) is 13.9. The first kappa shape index (κ1) is 28.3. The van der Waals surface area contributed by atoms with Crippen molar-refractivity contribution in [3.05, 3.63) is 81.8 Å². The molecule has 0 saturated heterocycles. The van der Waals surface area contributed by atoms with Gasteiger partial charge in [-0.05, 0) is 48.6 Å². The van der Waals surface area contributed by atoms with E-state index < -0.39 is 26.7 Å². The molecule has 4 aromatic carbocycles. The Bertz CT molecular complexity index is 1720. The van der Waals surface area contributed by atoms with Crippen molar-refractivity contribution in [1.82, 2.24) is 0 Å². The molecule has 202 valence electrons. The van der Waals surface area contributed by atoms with Crippen LogP contribution in [0.1, 0.15) is 29.8 Å². The smallest absolute Gasteiger partial charge is 0.298 e. The maximum Gasteiger partial charge on any atom is 0.298 e. The molecule has 0 heterocycles. The second-order valence-electron chi connectivity index (χ2n) is 8.32. The number of phenolic OH excluding ortho intramolecular Hbond substituents is 1. The first-order valence-electron chi connectivity index (χ1n) is 11.7. The van der Waals surface area contributed by atoms with Crippen LogP contribution >= 0.6 is 23.2 Å². The second kappa shape index (κ2) is 11.6. The Kier molecular flexibility index (Phi) is 8.41. The zero-order valence-electron chi connectivity index (χ0n) is 20.8. The van der Waals surface area contributed by atoms with E-state index in [4.69, 9.17) is 27.9 Å². The van der Waals surface area contributed by atoms with Gasteiger partial charge in [0, 0.05) is 22.2 Å². The van der Waals surface area contributed by atoms with Crippen LogP contribution in [0.25, 0.3) is 10.8 Å². The van der Waals surface area contributed by atoms with Gasteiger partial charge >= 0.3 is 0 Å². The average molecular weight is 588 g/mol. The number of nitrogens with zero attached hydrogens (tertiary/aromatic N) is 2. The number of aromatic hydroxyl groups is 1. The number of benzene rings is 4. The summed E-state index contributed by atoms with van der Waals surface area (Å²) in [5.41, 5.74) is 0.420. The number of hydrogen-bond acceptors (Lipinski definition) is 7. The third-order valence-electron chi connectivity index (χ3n) is 5.74. The van der Waals surface area contributed by atoms with Gasteiger partial charge in [-0.1, -0.05) is 60.5 Å². The number of fused-ring (bicyclic) bond motifs is 1. The molecule has 1 amide bonds. The third kappa shape index (κ3) is 6.15. The number of phenols is 1. The minimum Gasteiger partial charge on any atom is -0.505 e. The predicted molar refractivity (Wildman–Crippen MR) is 151 cm³/mol. The van der Waals surface area contributed by atoms with E-state index in [2.05, 4.69) is 15.5 Å². The lowest BCUT2D eigenvalue weighted by atomic mass is 10.0. The van der Waals surface area contributed by atoms with Crippen LogP contribution in [0.4, 0.5) is 17.1 Å². The van der Waals surface area contributed by atoms with E-state index in [-0.39, 0.29) is 22.0 Å². The second-order valence-corrected chi connectivity index (χ2v) is 10.5. The number of anilines is 1. The van der Waals surface area contributed by atoms with Gasteiger partial charge in [-0.15, -0.1) is 10.2 Å². The minimum absolute atomic E-state index is 0.0809. The summed E-state index contributed by atoms with van der Waals surface area (Å²) in [4.78, 5) is 12.7. The highest BCUT2D eigenvalue weighted by Crippen LogP contribution is 2.42. The third-order valence-corrected chi connectivity index (χ3v) is 7.31. The molecule has 39 heavy (non-hydrogen) atoms. The predicted octanol–water partition coefficient (Wildman–Crippen LogP) is 7.73.